The molecule has 0 saturated carbocycles. The van der Waals surface area contributed by atoms with Crippen LogP contribution in [0.3, 0.4) is 0 Å². The molecule has 3 atom stereocenters. The molecule has 2 aromatic carbocycles. The SMILES string of the molecule is C=CC(C)(C)c1[nH]c2ccccc2c1/C=C1\NC(=O)C2(CC(C)C=CC2CCc2c(O)cc(CC=C(C)C)c(O)c2C=O)NC1=O. The van der Waals surface area contributed by atoms with Crippen molar-refractivity contribution >= 4 is 35.1 Å². The van der Waals surface area contributed by atoms with Crippen molar-refractivity contribution in [2.24, 2.45) is 11.8 Å². The van der Waals surface area contributed by atoms with Gasteiger partial charge in [0.05, 0.1) is 5.56 Å². The van der Waals surface area contributed by atoms with E-state index in [-0.39, 0.29) is 41.0 Å². The fraction of sp³-hybridized carbons (Fsp3) is 0.342. The highest BCUT2D eigenvalue weighted by atomic mass is 16.3. The van der Waals surface area contributed by atoms with Gasteiger partial charge in [-0.2, -0.15) is 0 Å². The largest absolute Gasteiger partial charge is 0.508 e. The number of H-pyrrole nitrogens is 1. The summed E-state index contributed by atoms with van der Waals surface area (Å²) in [5.41, 5.74) is 2.96. The number of allylic oxidation sites excluding steroid dienone is 4. The van der Waals surface area contributed by atoms with Gasteiger partial charge in [-0.3, -0.25) is 14.4 Å². The average molecular weight is 622 g/mol. The molecule has 1 saturated heterocycles. The number of aromatic hydroxyl groups is 2. The molecule has 2 amide bonds. The predicted octanol–water partition coefficient (Wildman–Crippen LogP) is 6.53. The first kappa shape index (κ1) is 32.5. The highest BCUT2D eigenvalue weighted by Crippen LogP contribution is 2.41. The summed E-state index contributed by atoms with van der Waals surface area (Å²) in [6.07, 6.45) is 11.3. The third-order valence-electron chi connectivity index (χ3n) is 9.43. The number of benzene rings is 2. The van der Waals surface area contributed by atoms with E-state index in [1.165, 1.54) is 6.07 Å². The lowest BCUT2D eigenvalue weighted by Gasteiger charge is -2.45. The number of phenolic OH excluding ortho intramolecular Hbond substituents is 2. The lowest BCUT2D eigenvalue weighted by molar-refractivity contribution is -0.138. The summed E-state index contributed by atoms with van der Waals surface area (Å²) < 4.78 is 0. The van der Waals surface area contributed by atoms with Gasteiger partial charge in [0.1, 0.15) is 22.7 Å². The summed E-state index contributed by atoms with van der Waals surface area (Å²) in [6, 6.07) is 9.31. The minimum atomic E-state index is -1.23. The molecule has 8 heteroatoms. The van der Waals surface area contributed by atoms with Gasteiger partial charge < -0.3 is 25.8 Å². The van der Waals surface area contributed by atoms with Crippen LogP contribution in [-0.2, 0) is 27.8 Å². The van der Waals surface area contributed by atoms with Crippen molar-refractivity contribution in [3.05, 3.63) is 100 Å². The quantitative estimate of drug-likeness (QED) is 0.0802. The molecule has 0 radical (unpaired) electrons. The first-order chi connectivity index (χ1) is 21.8. The van der Waals surface area contributed by atoms with Crippen LogP contribution in [0.2, 0.25) is 0 Å². The topological polar surface area (TPSA) is 132 Å². The van der Waals surface area contributed by atoms with Gasteiger partial charge in [0.2, 0.25) is 0 Å². The van der Waals surface area contributed by atoms with Crippen molar-refractivity contribution in [1.82, 2.24) is 15.6 Å². The lowest BCUT2D eigenvalue weighted by Crippen LogP contribution is -2.68. The maximum atomic E-state index is 14.1. The Labute approximate surface area is 270 Å². The molecule has 2 aliphatic rings. The van der Waals surface area contributed by atoms with Crippen LogP contribution in [0.4, 0.5) is 0 Å². The second kappa shape index (κ2) is 12.5. The highest BCUT2D eigenvalue weighted by molar-refractivity contribution is 6.10. The zero-order chi connectivity index (χ0) is 33.4. The Morgan fingerprint density at radius 3 is 2.57 bits per heavy atom. The van der Waals surface area contributed by atoms with Gasteiger partial charge in [-0.05, 0) is 63.7 Å². The number of rotatable bonds is 9. The molecule has 5 N–H and O–H groups in total. The Hall–Kier alpha value is -4.85. The van der Waals surface area contributed by atoms with E-state index in [1.807, 2.05) is 83.2 Å². The monoisotopic (exact) mass is 621 g/mol. The Bertz CT molecular complexity index is 1820. The van der Waals surface area contributed by atoms with Gasteiger partial charge in [-0.25, -0.2) is 0 Å². The van der Waals surface area contributed by atoms with Gasteiger partial charge in [0, 0.05) is 44.6 Å². The van der Waals surface area contributed by atoms with E-state index < -0.39 is 22.8 Å². The van der Waals surface area contributed by atoms with Crippen molar-refractivity contribution in [3.63, 3.8) is 0 Å². The number of hydrogen-bond donors (Lipinski definition) is 5. The summed E-state index contributed by atoms with van der Waals surface area (Å²) in [5, 5.41) is 28.7. The van der Waals surface area contributed by atoms with E-state index >= 15 is 0 Å². The summed E-state index contributed by atoms with van der Waals surface area (Å²) in [4.78, 5) is 43.4. The van der Waals surface area contributed by atoms with Gasteiger partial charge in [0.15, 0.2) is 6.29 Å². The lowest BCUT2D eigenvalue weighted by atomic mass is 9.69. The minimum absolute atomic E-state index is 0.0267. The third kappa shape index (κ3) is 5.91. The average Bonchev–Trinajstić information content (AvgIpc) is 3.39. The molecule has 8 nitrogen and oxygen atoms in total. The van der Waals surface area contributed by atoms with Crippen LogP contribution in [0, 0.1) is 11.8 Å². The van der Waals surface area contributed by atoms with Gasteiger partial charge in [-0.15, -0.1) is 6.58 Å². The molecule has 1 fully saturated rings. The van der Waals surface area contributed by atoms with Gasteiger partial charge >= 0.3 is 0 Å². The summed E-state index contributed by atoms with van der Waals surface area (Å²) in [5.74, 6) is -1.35. The Kier molecular flexibility index (Phi) is 8.85. The number of aromatic nitrogens is 1. The van der Waals surface area contributed by atoms with E-state index in [0.717, 1.165) is 27.7 Å². The number of nitrogens with one attached hydrogen (secondary N) is 3. The van der Waals surface area contributed by atoms with Crippen LogP contribution in [0.5, 0.6) is 11.5 Å². The second-order valence-corrected chi connectivity index (χ2v) is 13.4. The van der Waals surface area contributed by atoms with Gasteiger partial charge in [0.25, 0.3) is 11.8 Å². The van der Waals surface area contributed by atoms with Crippen LogP contribution in [-0.4, -0.2) is 38.8 Å². The van der Waals surface area contributed by atoms with Crippen LogP contribution >= 0.6 is 0 Å². The number of amides is 2. The van der Waals surface area contributed by atoms with Crippen LogP contribution < -0.4 is 10.6 Å². The highest BCUT2D eigenvalue weighted by Gasteiger charge is 2.51. The van der Waals surface area contributed by atoms with Crippen LogP contribution in [0.25, 0.3) is 17.0 Å². The number of aromatic amines is 1. The molecule has 1 aliphatic heterocycles. The zero-order valence-corrected chi connectivity index (χ0v) is 27.2. The van der Waals surface area contributed by atoms with Crippen molar-refractivity contribution < 1.29 is 24.6 Å². The van der Waals surface area contributed by atoms with Crippen molar-refractivity contribution in [2.75, 3.05) is 0 Å². The number of hydrogen-bond acceptors (Lipinski definition) is 5. The molecule has 1 aromatic heterocycles. The fourth-order valence-corrected chi connectivity index (χ4v) is 6.68. The molecular weight excluding hydrogens is 578 g/mol. The minimum Gasteiger partial charge on any atom is -0.508 e. The molecular formula is C38H43N3O5. The normalized spacial score (nSPS) is 22.2. The maximum absolute atomic E-state index is 14.1. The maximum Gasteiger partial charge on any atom is 0.268 e. The third-order valence-corrected chi connectivity index (χ3v) is 9.43. The molecule has 240 valence electrons. The number of piperazine rings is 1. The zero-order valence-electron chi connectivity index (χ0n) is 27.2. The van der Waals surface area contributed by atoms with E-state index in [1.54, 1.807) is 6.08 Å². The summed E-state index contributed by atoms with van der Waals surface area (Å²) >= 11 is 0. The molecule has 0 bridgehead atoms. The van der Waals surface area contributed by atoms with Crippen LogP contribution in [0.1, 0.15) is 80.2 Å². The Morgan fingerprint density at radius 2 is 1.87 bits per heavy atom. The molecule has 1 spiro atoms. The van der Waals surface area contributed by atoms with E-state index in [9.17, 15) is 24.6 Å². The second-order valence-electron chi connectivity index (χ2n) is 13.4. The van der Waals surface area contributed by atoms with Crippen molar-refractivity contribution in [3.8, 4) is 11.5 Å². The first-order valence-corrected chi connectivity index (χ1v) is 15.7. The standard InChI is InChI=1S/C38H43N3O5/c1-7-37(5,6)34-28(26-10-8-9-11-30(26)39-34)19-31-35(45)41-38(36(46)40-31)20-23(4)13-15-25(38)16-17-27-29(21-42)33(44)24(18-32(27)43)14-12-22(2)3/h7-13,15,18-19,21,23,25,39,43-44H,1,14,16-17,20H2,2-6H3,(H,40,46)(H,41,45)/b31-19-. The fourth-order valence-electron chi connectivity index (χ4n) is 6.68. The predicted molar refractivity (Wildman–Crippen MR) is 182 cm³/mol. The van der Waals surface area contributed by atoms with E-state index in [0.29, 0.717) is 36.7 Å². The number of aldehydes is 1. The molecule has 2 heterocycles. The number of para-hydroxylation sites is 1. The molecule has 1 aliphatic carbocycles. The van der Waals surface area contributed by atoms with Crippen LogP contribution in [0.15, 0.2) is 72.5 Å². The smallest absolute Gasteiger partial charge is 0.268 e. The Balaban J connectivity index is 1.46. The van der Waals surface area contributed by atoms with Crippen molar-refractivity contribution in [1.29, 1.82) is 0 Å². The van der Waals surface area contributed by atoms with E-state index in [4.69, 9.17) is 0 Å². The van der Waals surface area contributed by atoms with Gasteiger partial charge in [-0.1, -0.05) is 68.8 Å². The number of fused-ring (bicyclic) bond motifs is 1. The molecule has 3 unspecified atom stereocenters. The molecule has 5 rings (SSSR count). The van der Waals surface area contributed by atoms with Crippen molar-refractivity contribution in [2.45, 2.75) is 71.3 Å². The van der Waals surface area contributed by atoms with E-state index in [2.05, 4.69) is 22.2 Å². The first-order valence-electron chi connectivity index (χ1n) is 15.7. The number of carbonyl (C=O) groups is 3. The number of phenols is 2. The molecule has 3 aromatic rings. The molecule has 46 heavy (non-hydrogen) atoms. The summed E-state index contributed by atoms with van der Waals surface area (Å²) in [6.45, 7) is 13.9. The summed E-state index contributed by atoms with van der Waals surface area (Å²) in [7, 11) is 0. The Morgan fingerprint density at radius 1 is 1.13 bits per heavy atom. The number of carbonyl (C=O) groups excluding carboxylic acids is 3.